The van der Waals surface area contributed by atoms with E-state index in [1.54, 1.807) is 7.11 Å². The summed E-state index contributed by atoms with van der Waals surface area (Å²) < 4.78 is 10.6. The molecule has 0 bridgehead atoms. The molecule has 0 radical (unpaired) electrons. The van der Waals surface area contributed by atoms with E-state index in [9.17, 15) is 0 Å². The summed E-state index contributed by atoms with van der Waals surface area (Å²) in [5.74, 6) is 1.32. The number of nitrogens with one attached hydrogen (secondary N) is 1. The molecule has 1 fully saturated rings. The van der Waals surface area contributed by atoms with Gasteiger partial charge in [-0.25, -0.2) is 0 Å². The lowest BCUT2D eigenvalue weighted by Crippen LogP contribution is -2.47. The molecule has 1 aliphatic heterocycles. The zero-order valence-electron chi connectivity index (χ0n) is 18.0. The number of halogens is 1. The maximum atomic E-state index is 6.18. The second-order valence-electron chi connectivity index (χ2n) is 7.69. The average Bonchev–Trinajstić information content (AvgIpc) is 3.28. The molecule has 4 rings (SSSR count). The van der Waals surface area contributed by atoms with Gasteiger partial charge in [0.25, 0.3) is 0 Å². The summed E-state index contributed by atoms with van der Waals surface area (Å²) in [6.45, 7) is 8.09. The van der Waals surface area contributed by atoms with Crippen molar-refractivity contribution in [1.82, 2.24) is 15.0 Å². The number of hydrogen-bond donors (Lipinski definition) is 1. The minimum absolute atomic E-state index is 0.444. The van der Waals surface area contributed by atoms with Crippen molar-refractivity contribution in [2.75, 3.05) is 56.6 Å². The summed E-state index contributed by atoms with van der Waals surface area (Å²) in [6.07, 6.45) is 1.01. The van der Waals surface area contributed by atoms with E-state index in [2.05, 4.69) is 44.3 Å². The molecule has 1 N–H and O–H groups in total. The van der Waals surface area contributed by atoms with E-state index in [1.807, 2.05) is 30.3 Å². The van der Waals surface area contributed by atoms with Gasteiger partial charge in [0.2, 0.25) is 5.82 Å². The number of ether oxygens (including phenoxy) is 1. The number of nitrogens with zero attached hydrogens (tertiary/aromatic N) is 4. The topological polar surface area (TPSA) is 66.7 Å². The molecule has 8 heteroatoms. The lowest BCUT2D eigenvalue weighted by Gasteiger charge is -2.36. The van der Waals surface area contributed by atoms with Crippen molar-refractivity contribution in [3.63, 3.8) is 0 Å². The van der Waals surface area contributed by atoms with Crippen molar-refractivity contribution in [3.05, 3.63) is 53.1 Å². The first-order valence-electron chi connectivity index (χ1n) is 10.6. The predicted molar refractivity (Wildman–Crippen MR) is 124 cm³/mol. The molecule has 164 valence electrons. The third-order valence-corrected chi connectivity index (χ3v) is 5.80. The van der Waals surface area contributed by atoms with Gasteiger partial charge in [-0.2, -0.15) is 4.98 Å². The molecule has 7 nitrogen and oxygen atoms in total. The Balaban J connectivity index is 1.20. The molecule has 0 amide bonds. The van der Waals surface area contributed by atoms with Gasteiger partial charge >= 0.3 is 6.01 Å². The normalized spacial score (nSPS) is 14.6. The van der Waals surface area contributed by atoms with Crippen molar-refractivity contribution in [2.24, 2.45) is 0 Å². The molecule has 0 unspecified atom stereocenters. The molecule has 2 aromatic carbocycles. The number of aryl methyl sites for hydroxylation is 1. The fourth-order valence-electron chi connectivity index (χ4n) is 3.81. The molecule has 0 aliphatic carbocycles. The SMILES string of the molecule is COc1cccc(-c2noc(NCCCN3CCN(c4cc(Cl)ccc4C)CC3)n2)c1. The van der Waals surface area contributed by atoms with Crippen molar-refractivity contribution < 1.29 is 9.26 Å². The van der Waals surface area contributed by atoms with Crippen LogP contribution in [0.5, 0.6) is 5.75 Å². The number of rotatable bonds is 8. The third kappa shape index (κ3) is 5.48. The highest BCUT2D eigenvalue weighted by molar-refractivity contribution is 6.30. The minimum Gasteiger partial charge on any atom is -0.497 e. The molecular weight excluding hydrogens is 414 g/mol. The van der Waals surface area contributed by atoms with Crippen LogP contribution in [0.1, 0.15) is 12.0 Å². The Morgan fingerprint density at radius 1 is 1.13 bits per heavy atom. The summed E-state index contributed by atoms with van der Waals surface area (Å²) in [4.78, 5) is 9.34. The summed E-state index contributed by atoms with van der Waals surface area (Å²) in [6, 6.07) is 14.2. The molecule has 31 heavy (non-hydrogen) atoms. The van der Waals surface area contributed by atoms with Crippen molar-refractivity contribution >= 4 is 23.3 Å². The highest BCUT2D eigenvalue weighted by Crippen LogP contribution is 2.25. The third-order valence-electron chi connectivity index (χ3n) is 5.57. The molecular formula is C23H28ClN5O2. The zero-order valence-corrected chi connectivity index (χ0v) is 18.7. The highest BCUT2D eigenvalue weighted by atomic mass is 35.5. The van der Waals surface area contributed by atoms with Gasteiger partial charge in [-0.3, -0.25) is 4.90 Å². The first-order valence-corrected chi connectivity index (χ1v) is 11.0. The lowest BCUT2D eigenvalue weighted by atomic mass is 10.1. The largest absolute Gasteiger partial charge is 0.497 e. The van der Waals surface area contributed by atoms with Crippen LogP contribution in [0, 0.1) is 6.92 Å². The Bertz CT molecular complexity index is 1000. The number of anilines is 2. The molecule has 0 saturated carbocycles. The van der Waals surface area contributed by atoms with E-state index < -0.39 is 0 Å². The highest BCUT2D eigenvalue weighted by Gasteiger charge is 2.18. The first kappa shape index (κ1) is 21.5. The van der Waals surface area contributed by atoms with Crippen LogP contribution >= 0.6 is 11.6 Å². The summed E-state index contributed by atoms with van der Waals surface area (Å²) in [5, 5.41) is 8.08. The Labute approximate surface area is 187 Å². The fourth-order valence-corrected chi connectivity index (χ4v) is 3.97. The fraction of sp³-hybridized carbons (Fsp3) is 0.391. The second kappa shape index (κ2) is 10.0. The number of aromatic nitrogens is 2. The van der Waals surface area contributed by atoms with E-state index in [0.29, 0.717) is 11.8 Å². The van der Waals surface area contributed by atoms with Gasteiger partial charge in [0.05, 0.1) is 7.11 Å². The summed E-state index contributed by atoms with van der Waals surface area (Å²) >= 11 is 6.18. The number of methoxy groups -OCH3 is 1. The van der Waals surface area contributed by atoms with Crippen LogP contribution in [0.4, 0.5) is 11.7 Å². The molecule has 1 saturated heterocycles. The van der Waals surface area contributed by atoms with Crippen LogP contribution < -0.4 is 15.0 Å². The van der Waals surface area contributed by atoms with Gasteiger partial charge in [-0.1, -0.05) is 35.0 Å². The Hall–Kier alpha value is -2.77. The van der Waals surface area contributed by atoms with Crippen molar-refractivity contribution in [2.45, 2.75) is 13.3 Å². The van der Waals surface area contributed by atoms with Crippen molar-refractivity contribution in [1.29, 1.82) is 0 Å². The van der Waals surface area contributed by atoms with Crippen LogP contribution in [-0.2, 0) is 0 Å². The average molecular weight is 442 g/mol. The molecule has 3 aromatic rings. The van der Waals surface area contributed by atoms with E-state index in [1.165, 1.54) is 11.3 Å². The number of piperazine rings is 1. The lowest BCUT2D eigenvalue weighted by molar-refractivity contribution is 0.257. The Morgan fingerprint density at radius 2 is 1.97 bits per heavy atom. The standard InChI is InChI=1S/C23H28ClN5O2/c1-17-7-8-19(24)16-21(17)29-13-11-28(12-14-29)10-4-9-25-23-26-22(27-31-23)18-5-3-6-20(15-18)30-2/h3,5-8,15-16H,4,9-14H2,1-2H3,(H,25,26,27). The quantitative estimate of drug-likeness (QED) is 0.522. The van der Waals surface area contributed by atoms with Gasteiger partial charge in [0.15, 0.2) is 0 Å². The van der Waals surface area contributed by atoms with Gasteiger partial charge < -0.3 is 19.5 Å². The maximum Gasteiger partial charge on any atom is 0.321 e. The number of hydrogen-bond acceptors (Lipinski definition) is 7. The molecule has 0 spiro atoms. The zero-order chi connectivity index (χ0) is 21.6. The van der Waals surface area contributed by atoms with Crippen LogP contribution in [-0.4, -0.2) is 61.4 Å². The second-order valence-corrected chi connectivity index (χ2v) is 8.13. The first-order chi connectivity index (χ1) is 15.1. The van der Waals surface area contributed by atoms with E-state index >= 15 is 0 Å². The maximum absolute atomic E-state index is 6.18. The predicted octanol–water partition coefficient (Wildman–Crippen LogP) is 4.33. The van der Waals surface area contributed by atoms with E-state index in [4.69, 9.17) is 20.9 Å². The van der Waals surface area contributed by atoms with Gasteiger partial charge in [-0.05, 0) is 49.7 Å². The smallest absolute Gasteiger partial charge is 0.321 e. The van der Waals surface area contributed by atoms with E-state index in [0.717, 1.165) is 62.0 Å². The Kier molecular flexibility index (Phi) is 6.94. The van der Waals surface area contributed by atoms with Gasteiger partial charge in [0.1, 0.15) is 5.75 Å². The van der Waals surface area contributed by atoms with Crippen LogP contribution in [0.2, 0.25) is 5.02 Å². The molecule has 1 aromatic heterocycles. The van der Waals surface area contributed by atoms with Crippen LogP contribution in [0.25, 0.3) is 11.4 Å². The molecule has 1 aliphatic rings. The van der Waals surface area contributed by atoms with Crippen LogP contribution in [0.3, 0.4) is 0 Å². The summed E-state index contributed by atoms with van der Waals surface area (Å²) in [5.41, 5.74) is 3.39. The van der Waals surface area contributed by atoms with Crippen molar-refractivity contribution in [3.8, 4) is 17.1 Å². The minimum atomic E-state index is 0.444. The van der Waals surface area contributed by atoms with Gasteiger partial charge in [-0.15, -0.1) is 0 Å². The van der Waals surface area contributed by atoms with E-state index in [-0.39, 0.29) is 0 Å². The van der Waals surface area contributed by atoms with Crippen LogP contribution in [0.15, 0.2) is 47.0 Å². The number of benzene rings is 2. The summed E-state index contributed by atoms with van der Waals surface area (Å²) in [7, 11) is 1.64. The molecule has 0 atom stereocenters. The monoisotopic (exact) mass is 441 g/mol. The molecule has 2 heterocycles. The van der Waals surface area contributed by atoms with Gasteiger partial charge in [0, 0.05) is 49.0 Å². The Morgan fingerprint density at radius 3 is 2.77 bits per heavy atom.